The number of aryl methyl sites for hydroxylation is 2. The number of aliphatic hydroxyl groups excluding tert-OH is 1. The molecule has 0 radical (unpaired) electrons. The Morgan fingerprint density at radius 3 is 2.47 bits per heavy atom. The highest BCUT2D eigenvalue weighted by molar-refractivity contribution is 14.1. The van der Waals surface area contributed by atoms with Crippen LogP contribution in [0, 0.1) is 23.2 Å². The molecule has 0 aliphatic carbocycles. The quantitative estimate of drug-likeness (QED) is 0.0613. The van der Waals surface area contributed by atoms with Crippen LogP contribution in [0.2, 0.25) is 0 Å². The lowest BCUT2D eigenvalue weighted by molar-refractivity contribution is -0.132. The van der Waals surface area contributed by atoms with E-state index in [1.165, 1.54) is 40.1 Å². The van der Waals surface area contributed by atoms with Gasteiger partial charge in [0.2, 0.25) is 5.13 Å². The Balaban J connectivity index is 1.55. The van der Waals surface area contributed by atoms with E-state index >= 15 is 0 Å². The Bertz CT molecular complexity index is 1570. The summed E-state index contributed by atoms with van der Waals surface area (Å²) >= 11 is 4.78. The average molecular weight is 658 g/mol. The minimum Gasteiger partial charge on any atom is -0.507 e. The number of ketones is 1. The molecule has 3 aromatic carbocycles. The summed E-state index contributed by atoms with van der Waals surface area (Å²) in [6, 6.07) is 18.4. The van der Waals surface area contributed by atoms with Gasteiger partial charge in [0.15, 0.2) is 4.34 Å². The van der Waals surface area contributed by atoms with Gasteiger partial charge in [-0.1, -0.05) is 65.1 Å². The number of carbonyl (C=O) groups is 2. The van der Waals surface area contributed by atoms with Crippen molar-refractivity contribution in [3.63, 3.8) is 0 Å². The van der Waals surface area contributed by atoms with Crippen LogP contribution in [0.5, 0.6) is 0 Å². The number of aromatic nitrogens is 2. The number of nitrogens with zero attached hydrogens (tertiary/aromatic N) is 3. The largest absolute Gasteiger partial charge is 0.507 e. The van der Waals surface area contributed by atoms with Gasteiger partial charge >= 0.3 is 5.91 Å². The molecule has 1 amide bonds. The van der Waals surface area contributed by atoms with Crippen LogP contribution in [0.1, 0.15) is 33.9 Å². The highest BCUT2D eigenvalue weighted by Gasteiger charge is 2.48. The topological polar surface area (TPSA) is 83.4 Å². The summed E-state index contributed by atoms with van der Waals surface area (Å²) in [5.74, 6) is -1.52. The molecule has 4 aromatic rings. The molecular weight excluding hydrogens is 636 g/mol. The molecule has 0 bridgehead atoms. The summed E-state index contributed by atoms with van der Waals surface area (Å²) in [7, 11) is 0. The predicted molar refractivity (Wildman–Crippen MR) is 156 cm³/mol. The Labute approximate surface area is 240 Å². The summed E-state index contributed by atoms with van der Waals surface area (Å²) in [6.45, 7) is 3.75. The molecule has 5 rings (SSSR count). The second-order valence-electron chi connectivity index (χ2n) is 8.80. The molecule has 38 heavy (non-hydrogen) atoms. The third kappa shape index (κ3) is 5.25. The van der Waals surface area contributed by atoms with Crippen molar-refractivity contribution in [2.75, 3.05) is 4.90 Å². The number of anilines is 1. The Kier molecular flexibility index (Phi) is 7.64. The second kappa shape index (κ2) is 11.0. The fraction of sp³-hybridized carbons (Fsp3) is 0.143. The van der Waals surface area contributed by atoms with Gasteiger partial charge in [0.05, 0.1) is 11.6 Å². The molecule has 1 aliphatic heterocycles. The molecule has 1 fully saturated rings. The SMILES string of the molecule is Cc1ccc(C)c(/C(O)=C2\C(=O)C(=O)N(c3nnc(SCc4ccc(F)cc4)s3)C2c2ccc(I)cc2)c1. The van der Waals surface area contributed by atoms with Crippen molar-refractivity contribution in [2.24, 2.45) is 0 Å². The highest BCUT2D eigenvalue weighted by Crippen LogP contribution is 2.44. The Morgan fingerprint density at radius 1 is 1.05 bits per heavy atom. The van der Waals surface area contributed by atoms with Crippen molar-refractivity contribution < 1.29 is 19.1 Å². The van der Waals surface area contributed by atoms with Crippen LogP contribution in [-0.2, 0) is 15.3 Å². The normalized spacial score (nSPS) is 16.8. The molecular formula is C28H21FIN3O3S2. The third-order valence-corrected chi connectivity index (χ3v) is 9.00. The van der Waals surface area contributed by atoms with Crippen LogP contribution in [0.25, 0.3) is 5.76 Å². The van der Waals surface area contributed by atoms with Crippen LogP contribution in [-0.4, -0.2) is 27.0 Å². The van der Waals surface area contributed by atoms with E-state index in [0.717, 1.165) is 20.3 Å². The van der Waals surface area contributed by atoms with Gasteiger partial charge < -0.3 is 5.11 Å². The van der Waals surface area contributed by atoms with Gasteiger partial charge in [0.25, 0.3) is 5.78 Å². The van der Waals surface area contributed by atoms with E-state index in [2.05, 4.69) is 32.8 Å². The van der Waals surface area contributed by atoms with E-state index < -0.39 is 17.7 Å². The maximum Gasteiger partial charge on any atom is 0.301 e. The average Bonchev–Trinajstić information content (AvgIpc) is 3.47. The molecule has 10 heteroatoms. The van der Waals surface area contributed by atoms with E-state index in [1.807, 2.05) is 50.2 Å². The molecule has 192 valence electrons. The number of carbonyl (C=O) groups excluding carboxylic acids is 2. The standard InChI is InChI=1S/C28H21FIN3O3S2/c1-15-3-4-16(2)21(13-15)24(34)22-23(18-7-11-20(30)12-8-18)33(26(36)25(22)35)27-31-32-28(38-27)37-14-17-5-9-19(29)10-6-17/h3-13,23,34H,14H2,1-2H3/b24-22+. The minimum absolute atomic E-state index is 0.0145. The molecule has 6 nitrogen and oxygen atoms in total. The van der Waals surface area contributed by atoms with E-state index in [0.29, 0.717) is 21.2 Å². The second-order valence-corrected chi connectivity index (χ2v) is 12.2. The van der Waals surface area contributed by atoms with Gasteiger partial charge in [-0.3, -0.25) is 14.5 Å². The van der Waals surface area contributed by atoms with Gasteiger partial charge in [-0.2, -0.15) is 0 Å². The van der Waals surface area contributed by atoms with Gasteiger partial charge in [-0.25, -0.2) is 4.39 Å². The summed E-state index contributed by atoms with van der Waals surface area (Å²) < 4.78 is 14.8. The zero-order chi connectivity index (χ0) is 27.0. The number of hydrogen-bond donors (Lipinski definition) is 1. The van der Waals surface area contributed by atoms with Crippen molar-refractivity contribution in [1.29, 1.82) is 0 Å². The predicted octanol–water partition coefficient (Wildman–Crippen LogP) is 6.82. The lowest BCUT2D eigenvalue weighted by atomic mass is 9.93. The van der Waals surface area contributed by atoms with Crippen LogP contribution >= 0.6 is 45.7 Å². The van der Waals surface area contributed by atoms with E-state index in [-0.39, 0.29) is 22.3 Å². The lowest BCUT2D eigenvalue weighted by Gasteiger charge is -2.22. The van der Waals surface area contributed by atoms with Crippen LogP contribution < -0.4 is 4.90 Å². The molecule has 1 saturated heterocycles. The first-order valence-electron chi connectivity index (χ1n) is 11.6. The van der Waals surface area contributed by atoms with Crippen molar-refractivity contribution in [2.45, 2.75) is 30.0 Å². The summed E-state index contributed by atoms with van der Waals surface area (Å²) in [5, 5.41) is 20.1. The van der Waals surface area contributed by atoms with Gasteiger partial charge in [0, 0.05) is 14.9 Å². The summed E-state index contributed by atoms with van der Waals surface area (Å²) in [4.78, 5) is 28.1. The first-order chi connectivity index (χ1) is 18.2. The Hall–Kier alpha value is -3.09. The zero-order valence-electron chi connectivity index (χ0n) is 20.3. The van der Waals surface area contributed by atoms with Gasteiger partial charge in [-0.15, -0.1) is 10.2 Å². The zero-order valence-corrected chi connectivity index (χ0v) is 24.1. The molecule has 0 spiro atoms. The van der Waals surface area contributed by atoms with Crippen molar-refractivity contribution in [1.82, 2.24) is 10.2 Å². The number of amides is 1. The van der Waals surface area contributed by atoms with Crippen LogP contribution in [0.4, 0.5) is 9.52 Å². The number of rotatable bonds is 6. The van der Waals surface area contributed by atoms with Crippen LogP contribution in [0.15, 0.2) is 76.6 Å². The van der Waals surface area contributed by atoms with Gasteiger partial charge in [0.1, 0.15) is 11.6 Å². The molecule has 1 aliphatic rings. The first kappa shape index (κ1) is 26.5. The fourth-order valence-electron chi connectivity index (χ4n) is 4.21. The van der Waals surface area contributed by atoms with E-state index in [4.69, 9.17) is 0 Å². The first-order valence-corrected chi connectivity index (χ1v) is 14.5. The van der Waals surface area contributed by atoms with Crippen LogP contribution in [0.3, 0.4) is 0 Å². The number of thioether (sulfide) groups is 1. The van der Waals surface area contributed by atoms with E-state index in [1.54, 1.807) is 18.2 Å². The monoisotopic (exact) mass is 657 g/mol. The smallest absolute Gasteiger partial charge is 0.301 e. The molecule has 1 unspecified atom stereocenters. The van der Waals surface area contributed by atoms with Crippen molar-refractivity contribution in [3.8, 4) is 0 Å². The number of hydrogen-bond acceptors (Lipinski definition) is 7. The summed E-state index contributed by atoms with van der Waals surface area (Å²) in [6.07, 6.45) is 0. The van der Waals surface area contributed by atoms with Crippen molar-refractivity contribution >= 4 is 68.3 Å². The molecule has 2 heterocycles. The third-order valence-electron chi connectivity index (χ3n) is 6.16. The minimum atomic E-state index is -0.866. The number of benzene rings is 3. The highest BCUT2D eigenvalue weighted by atomic mass is 127. The van der Waals surface area contributed by atoms with E-state index in [9.17, 15) is 19.1 Å². The lowest BCUT2D eigenvalue weighted by Crippen LogP contribution is -2.29. The number of aliphatic hydroxyl groups is 1. The van der Waals surface area contributed by atoms with Crippen molar-refractivity contribution in [3.05, 3.63) is 110 Å². The maximum atomic E-state index is 13.4. The fourth-order valence-corrected chi connectivity index (χ4v) is 6.39. The maximum absolute atomic E-state index is 13.4. The summed E-state index contributed by atoms with van der Waals surface area (Å²) in [5.41, 5.74) is 3.82. The molecule has 1 N–H and O–H groups in total. The van der Waals surface area contributed by atoms with Gasteiger partial charge in [-0.05, 0) is 83.5 Å². The molecule has 1 aromatic heterocycles. The Morgan fingerprint density at radius 2 is 1.76 bits per heavy atom. The molecule has 1 atom stereocenters. The molecule has 0 saturated carbocycles. The number of halogens is 2. The number of Topliss-reactive ketones (excluding diaryl/α,β-unsaturated/α-hetero) is 1.